The second kappa shape index (κ2) is 10.9. The Labute approximate surface area is 200 Å². The van der Waals surface area contributed by atoms with Gasteiger partial charge in [-0.25, -0.2) is 4.79 Å². The van der Waals surface area contributed by atoms with Crippen LogP contribution >= 0.6 is 0 Å². The number of nitrogens with one attached hydrogen (secondary N) is 2. The summed E-state index contributed by atoms with van der Waals surface area (Å²) < 4.78 is 16.9. The van der Waals surface area contributed by atoms with E-state index < -0.39 is 6.03 Å². The molecular formula is C24H35N5O5. The fourth-order valence-corrected chi connectivity index (χ4v) is 3.97. The normalized spacial score (nSPS) is 22.3. The van der Waals surface area contributed by atoms with Crippen molar-refractivity contribution in [3.8, 4) is 5.75 Å². The van der Waals surface area contributed by atoms with E-state index in [1.165, 1.54) is 0 Å². The predicted molar refractivity (Wildman–Crippen MR) is 130 cm³/mol. The van der Waals surface area contributed by atoms with Gasteiger partial charge in [-0.15, -0.1) is 0 Å². The van der Waals surface area contributed by atoms with Crippen LogP contribution in [0.25, 0.3) is 0 Å². The molecule has 3 amide bonds. The maximum atomic E-state index is 13.4. The first kappa shape index (κ1) is 25.5. The highest BCUT2D eigenvalue weighted by molar-refractivity contribution is 6.02. The molecular weight excluding hydrogens is 438 g/mol. The van der Waals surface area contributed by atoms with Crippen molar-refractivity contribution in [2.75, 3.05) is 51.5 Å². The Bertz CT molecular complexity index is 1000. The summed E-state index contributed by atoms with van der Waals surface area (Å²) in [7, 11) is 5.47. The second-order valence-electron chi connectivity index (χ2n) is 9.03. The SMILES string of the molecule is CO[C@H]1CN(C)C(=O)c2cc(NC(=O)Nc3c(C)noc3C)ccc2OC[C@@H](C)N(C)C[C@@H]1C. The van der Waals surface area contributed by atoms with Crippen LogP contribution in [-0.2, 0) is 4.74 Å². The first-order chi connectivity index (χ1) is 16.1. The van der Waals surface area contributed by atoms with Crippen LogP contribution in [0, 0.1) is 19.8 Å². The number of aromatic nitrogens is 1. The van der Waals surface area contributed by atoms with E-state index in [0.717, 1.165) is 6.54 Å². The molecule has 1 aliphatic heterocycles. The van der Waals surface area contributed by atoms with Crippen molar-refractivity contribution in [1.82, 2.24) is 15.0 Å². The molecule has 3 atom stereocenters. The number of hydrogen-bond acceptors (Lipinski definition) is 7. The number of urea groups is 1. The van der Waals surface area contributed by atoms with E-state index in [2.05, 4.69) is 41.6 Å². The van der Waals surface area contributed by atoms with Crippen LogP contribution < -0.4 is 15.4 Å². The smallest absolute Gasteiger partial charge is 0.323 e. The molecule has 0 radical (unpaired) electrons. The Balaban J connectivity index is 1.86. The van der Waals surface area contributed by atoms with Crippen LogP contribution in [0.5, 0.6) is 5.75 Å². The zero-order chi connectivity index (χ0) is 25.0. The van der Waals surface area contributed by atoms with Gasteiger partial charge >= 0.3 is 6.03 Å². The van der Waals surface area contributed by atoms with Crippen LogP contribution in [0.1, 0.15) is 35.7 Å². The fourth-order valence-electron chi connectivity index (χ4n) is 3.97. The average Bonchev–Trinajstić information content (AvgIpc) is 3.11. The predicted octanol–water partition coefficient (Wildman–Crippen LogP) is 3.37. The summed E-state index contributed by atoms with van der Waals surface area (Å²) in [5.41, 5.74) is 1.93. The lowest BCUT2D eigenvalue weighted by molar-refractivity contribution is 0.0150. The minimum absolute atomic E-state index is 0.116. The molecule has 2 N–H and O–H groups in total. The first-order valence-electron chi connectivity index (χ1n) is 11.4. The van der Waals surface area contributed by atoms with Crippen molar-refractivity contribution >= 4 is 23.3 Å². The zero-order valence-corrected chi connectivity index (χ0v) is 21.0. The molecule has 0 fully saturated rings. The lowest BCUT2D eigenvalue weighted by Gasteiger charge is -2.34. The quantitative estimate of drug-likeness (QED) is 0.703. The van der Waals surface area contributed by atoms with Crippen molar-refractivity contribution in [2.24, 2.45) is 5.92 Å². The van der Waals surface area contributed by atoms with Gasteiger partial charge in [0.2, 0.25) is 0 Å². The molecule has 10 nitrogen and oxygen atoms in total. The molecule has 0 saturated heterocycles. The van der Waals surface area contributed by atoms with E-state index in [0.29, 0.717) is 47.3 Å². The van der Waals surface area contributed by atoms with Crippen molar-refractivity contribution in [3.63, 3.8) is 0 Å². The van der Waals surface area contributed by atoms with Crippen LogP contribution in [0.4, 0.5) is 16.2 Å². The lowest BCUT2D eigenvalue weighted by atomic mass is 10.0. The summed E-state index contributed by atoms with van der Waals surface area (Å²) >= 11 is 0. The number of carbonyl (C=O) groups is 2. The third kappa shape index (κ3) is 5.87. The lowest BCUT2D eigenvalue weighted by Crippen LogP contribution is -2.45. The Morgan fingerprint density at radius 3 is 2.56 bits per heavy atom. The number of carbonyl (C=O) groups excluding carboxylic acids is 2. The molecule has 0 spiro atoms. The second-order valence-corrected chi connectivity index (χ2v) is 9.03. The van der Waals surface area contributed by atoms with Gasteiger partial charge in [-0.2, -0.15) is 0 Å². The number of fused-ring (bicyclic) bond motifs is 1. The molecule has 2 heterocycles. The molecule has 1 aromatic heterocycles. The maximum absolute atomic E-state index is 13.4. The number of nitrogens with zero attached hydrogens (tertiary/aromatic N) is 3. The molecule has 1 aromatic carbocycles. The van der Waals surface area contributed by atoms with Gasteiger partial charge in [0.1, 0.15) is 23.7 Å². The molecule has 0 aliphatic carbocycles. The Hall–Kier alpha value is -3.11. The summed E-state index contributed by atoms with van der Waals surface area (Å²) in [4.78, 5) is 29.8. The molecule has 2 aromatic rings. The van der Waals surface area contributed by atoms with Gasteiger partial charge in [-0.3, -0.25) is 9.69 Å². The minimum Gasteiger partial charge on any atom is -0.491 e. The summed E-state index contributed by atoms with van der Waals surface area (Å²) in [5.74, 6) is 0.987. The summed E-state index contributed by atoms with van der Waals surface area (Å²) in [5, 5.41) is 9.34. The van der Waals surface area contributed by atoms with E-state index in [-0.39, 0.29) is 24.0 Å². The van der Waals surface area contributed by atoms with Gasteiger partial charge in [-0.05, 0) is 51.9 Å². The number of ether oxygens (including phenoxy) is 2. The third-order valence-corrected chi connectivity index (χ3v) is 6.29. The molecule has 0 saturated carbocycles. The number of anilines is 2. The summed E-state index contributed by atoms with van der Waals surface area (Å²) in [6.07, 6.45) is -0.116. The Kier molecular flexibility index (Phi) is 8.16. The summed E-state index contributed by atoms with van der Waals surface area (Å²) in [6, 6.07) is 4.72. The topological polar surface area (TPSA) is 109 Å². The molecule has 34 heavy (non-hydrogen) atoms. The number of benzene rings is 1. The van der Waals surface area contributed by atoms with E-state index >= 15 is 0 Å². The highest BCUT2D eigenvalue weighted by Gasteiger charge is 2.27. The van der Waals surface area contributed by atoms with Crippen molar-refractivity contribution in [2.45, 2.75) is 39.8 Å². The van der Waals surface area contributed by atoms with Crippen molar-refractivity contribution in [3.05, 3.63) is 35.2 Å². The fraction of sp³-hybridized carbons (Fsp3) is 0.542. The number of rotatable bonds is 3. The van der Waals surface area contributed by atoms with E-state index in [4.69, 9.17) is 14.0 Å². The number of amides is 3. The molecule has 10 heteroatoms. The number of methoxy groups -OCH3 is 1. The van der Waals surface area contributed by atoms with Crippen LogP contribution in [0.2, 0.25) is 0 Å². The minimum atomic E-state index is -0.465. The molecule has 0 bridgehead atoms. The van der Waals surface area contributed by atoms with E-state index in [1.807, 2.05) is 0 Å². The van der Waals surface area contributed by atoms with Gasteiger partial charge in [-0.1, -0.05) is 12.1 Å². The summed E-state index contributed by atoms with van der Waals surface area (Å²) in [6.45, 7) is 9.34. The highest BCUT2D eigenvalue weighted by atomic mass is 16.5. The highest BCUT2D eigenvalue weighted by Crippen LogP contribution is 2.27. The molecule has 1 aliphatic rings. The molecule has 0 unspecified atom stereocenters. The van der Waals surface area contributed by atoms with Gasteiger partial charge in [0.05, 0.1) is 11.7 Å². The maximum Gasteiger partial charge on any atom is 0.323 e. The zero-order valence-electron chi connectivity index (χ0n) is 21.0. The van der Waals surface area contributed by atoms with Gasteiger partial charge in [0.25, 0.3) is 5.91 Å². The van der Waals surface area contributed by atoms with E-state index in [1.54, 1.807) is 51.1 Å². The Morgan fingerprint density at radius 1 is 1.18 bits per heavy atom. The number of aryl methyl sites for hydroxylation is 2. The van der Waals surface area contributed by atoms with Crippen LogP contribution in [0.15, 0.2) is 22.7 Å². The van der Waals surface area contributed by atoms with Gasteiger partial charge in [0.15, 0.2) is 5.76 Å². The van der Waals surface area contributed by atoms with Crippen LogP contribution in [-0.4, -0.2) is 79.9 Å². The standard InChI is InChI=1S/C24H35N5O5/c1-14-11-28(5)15(2)13-33-20-9-8-18(10-19(20)23(30)29(6)12-21(14)32-7)25-24(31)26-22-16(3)27-34-17(22)4/h8-10,14-15,21H,11-13H2,1-7H3,(H2,25,26,31)/t14-,15+,21-/m0/s1. The van der Waals surface area contributed by atoms with E-state index in [9.17, 15) is 9.59 Å². The van der Waals surface area contributed by atoms with Crippen molar-refractivity contribution in [1.29, 1.82) is 0 Å². The van der Waals surface area contributed by atoms with Crippen LogP contribution in [0.3, 0.4) is 0 Å². The van der Waals surface area contributed by atoms with Crippen molar-refractivity contribution < 1.29 is 23.6 Å². The molecule has 186 valence electrons. The van der Waals surface area contributed by atoms with Gasteiger partial charge < -0.3 is 29.5 Å². The largest absolute Gasteiger partial charge is 0.491 e. The average molecular weight is 474 g/mol. The van der Waals surface area contributed by atoms with Gasteiger partial charge in [0, 0.05) is 39.0 Å². The number of hydrogen-bond donors (Lipinski definition) is 2. The number of likely N-dealkylation sites (N-methyl/N-ethyl adjacent to an activating group) is 2. The molecule has 3 rings (SSSR count). The monoisotopic (exact) mass is 473 g/mol. The third-order valence-electron chi connectivity index (χ3n) is 6.29. The first-order valence-corrected chi connectivity index (χ1v) is 11.4. The Morgan fingerprint density at radius 2 is 1.91 bits per heavy atom.